The molecule has 1 N–H and O–H groups in total. The zero-order valence-corrected chi connectivity index (χ0v) is 11.2. The van der Waals surface area contributed by atoms with Gasteiger partial charge in [0.2, 0.25) is 0 Å². The van der Waals surface area contributed by atoms with E-state index in [1.54, 1.807) is 0 Å². The highest BCUT2D eigenvalue weighted by molar-refractivity contribution is 5.18. The lowest BCUT2D eigenvalue weighted by atomic mass is 9.55. The normalized spacial score (nSPS) is 58.7. The highest BCUT2D eigenvalue weighted by Crippen LogP contribution is 2.74. The highest BCUT2D eigenvalue weighted by atomic mass is 16.3. The van der Waals surface area contributed by atoms with Gasteiger partial charge in [0.25, 0.3) is 0 Å². The Balaban J connectivity index is 1.98. The molecule has 3 aliphatic rings. The molecule has 0 spiro atoms. The molecule has 3 saturated carbocycles. The lowest BCUT2D eigenvalue weighted by Gasteiger charge is -2.52. The van der Waals surface area contributed by atoms with Crippen molar-refractivity contribution < 1.29 is 5.11 Å². The van der Waals surface area contributed by atoms with Crippen molar-refractivity contribution in [3.63, 3.8) is 0 Å². The molecule has 0 saturated heterocycles. The summed E-state index contributed by atoms with van der Waals surface area (Å²) >= 11 is 0. The predicted octanol–water partition coefficient (Wildman–Crippen LogP) is 3.61. The zero-order valence-electron chi connectivity index (χ0n) is 11.2. The second-order valence-electron chi connectivity index (χ2n) is 7.83. The van der Waals surface area contributed by atoms with Gasteiger partial charge in [0.1, 0.15) is 0 Å². The summed E-state index contributed by atoms with van der Waals surface area (Å²) in [6, 6.07) is 0. The summed E-state index contributed by atoms with van der Waals surface area (Å²) in [6.07, 6.45) is 6.33. The third-order valence-electron chi connectivity index (χ3n) is 6.38. The van der Waals surface area contributed by atoms with Crippen molar-refractivity contribution in [2.24, 2.45) is 28.6 Å². The van der Waals surface area contributed by atoms with Crippen molar-refractivity contribution >= 4 is 0 Å². The van der Waals surface area contributed by atoms with Gasteiger partial charge in [0, 0.05) is 0 Å². The van der Waals surface area contributed by atoms with E-state index in [4.69, 9.17) is 0 Å². The maximum atomic E-state index is 10.8. The fourth-order valence-electron chi connectivity index (χ4n) is 5.50. The first kappa shape index (κ1) is 11.1. The van der Waals surface area contributed by atoms with E-state index >= 15 is 0 Å². The Hall–Kier alpha value is -0.0400. The monoisotopic (exact) mass is 222 g/mol. The summed E-state index contributed by atoms with van der Waals surface area (Å²) in [7, 11) is 0. The molecule has 0 aromatic carbocycles. The Morgan fingerprint density at radius 2 is 1.69 bits per heavy atom. The Morgan fingerprint density at radius 3 is 2.38 bits per heavy atom. The van der Waals surface area contributed by atoms with Gasteiger partial charge in [0.15, 0.2) is 0 Å². The third-order valence-corrected chi connectivity index (χ3v) is 6.38. The minimum atomic E-state index is -0.399. The van der Waals surface area contributed by atoms with E-state index < -0.39 is 5.60 Å². The Morgan fingerprint density at radius 1 is 1.00 bits per heavy atom. The molecule has 92 valence electrons. The van der Waals surface area contributed by atoms with Crippen molar-refractivity contribution in [3.8, 4) is 0 Å². The quantitative estimate of drug-likeness (QED) is 0.664. The standard InChI is InChI=1S/C15H26O/c1-13(2)10-6-9-14(3)7-5-8-15(4,16)12(14)11(10)13/h10-12,16H,5-9H2,1-4H3/t10?,11?,12-,14?,15-/m0/s1. The van der Waals surface area contributed by atoms with Crippen LogP contribution < -0.4 is 0 Å². The van der Waals surface area contributed by atoms with Gasteiger partial charge in [-0.1, -0.05) is 27.2 Å². The lowest BCUT2D eigenvalue weighted by Crippen LogP contribution is -2.51. The molecule has 0 bridgehead atoms. The first-order chi connectivity index (χ1) is 7.29. The van der Waals surface area contributed by atoms with Crippen LogP contribution in [-0.4, -0.2) is 10.7 Å². The van der Waals surface area contributed by atoms with E-state index in [1.807, 2.05) is 0 Å². The van der Waals surface area contributed by atoms with Crippen molar-refractivity contribution in [2.45, 2.75) is 65.4 Å². The molecule has 0 aliphatic heterocycles. The third kappa shape index (κ3) is 1.21. The summed E-state index contributed by atoms with van der Waals surface area (Å²) in [5.74, 6) is 2.25. The Kier molecular flexibility index (Phi) is 1.98. The van der Waals surface area contributed by atoms with E-state index in [-0.39, 0.29) is 0 Å². The van der Waals surface area contributed by atoms with Crippen LogP contribution in [-0.2, 0) is 0 Å². The molecule has 0 amide bonds. The Bertz CT molecular complexity index is 317. The van der Waals surface area contributed by atoms with Crippen LogP contribution in [0.3, 0.4) is 0 Å². The maximum absolute atomic E-state index is 10.8. The van der Waals surface area contributed by atoms with Crippen LogP contribution >= 0.6 is 0 Å². The predicted molar refractivity (Wildman–Crippen MR) is 66.1 cm³/mol. The number of fused-ring (bicyclic) bond motifs is 3. The van der Waals surface area contributed by atoms with Crippen LogP contribution in [0.2, 0.25) is 0 Å². The van der Waals surface area contributed by atoms with Crippen molar-refractivity contribution in [1.29, 1.82) is 0 Å². The molecule has 3 unspecified atom stereocenters. The average Bonchev–Trinajstić information content (AvgIpc) is 2.66. The topological polar surface area (TPSA) is 20.2 Å². The molecule has 0 aromatic rings. The van der Waals surface area contributed by atoms with Crippen LogP contribution in [0.5, 0.6) is 0 Å². The van der Waals surface area contributed by atoms with Crippen molar-refractivity contribution in [3.05, 3.63) is 0 Å². The highest BCUT2D eigenvalue weighted by Gasteiger charge is 2.69. The number of aliphatic hydroxyl groups is 1. The molecule has 3 rings (SSSR count). The Labute approximate surface area is 99.6 Å². The molecule has 3 aliphatic carbocycles. The molecule has 0 radical (unpaired) electrons. The van der Waals surface area contributed by atoms with Gasteiger partial charge in [-0.05, 0) is 61.2 Å². The van der Waals surface area contributed by atoms with Gasteiger partial charge in [-0.2, -0.15) is 0 Å². The molecule has 1 nitrogen and oxygen atoms in total. The average molecular weight is 222 g/mol. The van der Waals surface area contributed by atoms with Gasteiger partial charge < -0.3 is 5.11 Å². The fraction of sp³-hybridized carbons (Fsp3) is 1.00. The number of hydrogen-bond acceptors (Lipinski definition) is 1. The minimum absolute atomic E-state index is 0.399. The van der Waals surface area contributed by atoms with Crippen LogP contribution in [0, 0.1) is 28.6 Å². The van der Waals surface area contributed by atoms with Crippen molar-refractivity contribution in [2.75, 3.05) is 0 Å². The van der Waals surface area contributed by atoms with E-state index in [2.05, 4.69) is 27.7 Å². The van der Waals surface area contributed by atoms with Gasteiger partial charge in [-0.3, -0.25) is 0 Å². The first-order valence-electron chi connectivity index (χ1n) is 7.01. The second-order valence-corrected chi connectivity index (χ2v) is 7.83. The summed E-state index contributed by atoms with van der Waals surface area (Å²) < 4.78 is 0. The minimum Gasteiger partial charge on any atom is -0.390 e. The smallest absolute Gasteiger partial charge is 0.0656 e. The molecule has 0 aromatic heterocycles. The number of rotatable bonds is 0. The zero-order chi connectivity index (χ0) is 11.8. The van der Waals surface area contributed by atoms with E-state index in [9.17, 15) is 5.11 Å². The fourth-order valence-corrected chi connectivity index (χ4v) is 5.50. The van der Waals surface area contributed by atoms with Gasteiger partial charge in [-0.15, -0.1) is 0 Å². The van der Waals surface area contributed by atoms with Crippen LogP contribution in [0.15, 0.2) is 0 Å². The molecular weight excluding hydrogens is 196 g/mol. The molecule has 1 heteroatoms. The summed E-state index contributed by atoms with van der Waals surface area (Å²) in [5.41, 5.74) is 0.532. The SMILES string of the molecule is CC1(C)C2CCC3(C)CCC[C@](C)(O)[C@H]3C21. The van der Waals surface area contributed by atoms with Crippen LogP contribution in [0.25, 0.3) is 0 Å². The van der Waals surface area contributed by atoms with Gasteiger partial charge in [-0.25, -0.2) is 0 Å². The van der Waals surface area contributed by atoms with Gasteiger partial charge >= 0.3 is 0 Å². The number of hydrogen-bond donors (Lipinski definition) is 1. The molecular formula is C15H26O. The second kappa shape index (κ2) is 2.85. The molecule has 5 atom stereocenters. The molecule has 16 heavy (non-hydrogen) atoms. The van der Waals surface area contributed by atoms with Crippen molar-refractivity contribution in [1.82, 2.24) is 0 Å². The summed E-state index contributed by atoms with van der Waals surface area (Å²) in [5, 5.41) is 10.8. The van der Waals surface area contributed by atoms with Gasteiger partial charge in [0.05, 0.1) is 5.60 Å². The molecule has 3 fully saturated rings. The summed E-state index contributed by atoms with van der Waals surface area (Å²) in [4.78, 5) is 0. The largest absolute Gasteiger partial charge is 0.390 e. The first-order valence-corrected chi connectivity index (χ1v) is 7.01. The maximum Gasteiger partial charge on any atom is 0.0656 e. The van der Waals surface area contributed by atoms with E-state index in [0.29, 0.717) is 16.7 Å². The van der Waals surface area contributed by atoms with E-state index in [1.165, 1.54) is 25.7 Å². The lowest BCUT2D eigenvalue weighted by molar-refractivity contribution is -0.122. The van der Waals surface area contributed by atoms with Crippen LogP contribution in [0.1, 0.15) is 59.8 Å². The summed E-state index contributed by atoms with van der Waals surface area (Å²) in [6.45, 7) is 9.37. The molecule has 0 heterocycles. The van der Waals surface area contributed by atoms with Crippen LogP contribution in [0.4, 0.5) is 0 Å². The van der Waals surface area contributed by atoms with E-state index in [0.717, 1.165) is 18.3 Å².